The van der Waals surface area contributed by atoms with E-state index >= 15 is 0 Å². The lowest BCUT2D eigenvalue weighted by molar-refractivity contribution is -0.126. The molecule has 0 aliphatic carbocycles. The van der Waals surface area contributed by atoms with Crippen LogP contribution in [0.2, 0.25) is 0 Å². The van der Waals surface area contributed by atoms with Gasteiger partial charge in [-0.05, 0) is 19.1 Å². The molecular weight excluding hydrogens is 340 g/mol. The van der Waals surface area contributed by atoms with E-state index in [1.54, 1.807) is 25.4 Å². The van der Waals surface area contributed by atoms with Crippen LogP contribution in [0.3, 0.4) is 0 Å². The third-order valence-corrected chi connectivity index (χ3v) is 4.79. The third-order valence-electron chi connectivity index (χ3n) is 3.72. The number of amides is 3. The molecule has 0 aromatic carbocycles. The Bertz CT molecular complexity index is 791. The van der Waals surface area contributed by atoms with Gasteiger partial charge < -0.3 is 5.32 Å². The highest BCUT2D eigenvalue weighted by Crippen LogP contribution is 2.27. The average Bonchev–Trinajstić information content (AvgIpc) is 3.22. The fourth-order valence-electron chi connectivity index (χ4n) is 2.49. The summed E-state index contributed by atoms with van der Waals surface area (Å²) >= 11 is 1.28. The molecule has 9 heteroatoms. The Morgan fingerprint density at radius 3 is 2.84 bits per heavy atom. The predicted octanol–water partition coefficient (Wildman–Crippen LogP) is 1.56. The SMILES string of the molecule is C=CCn1c(S[C@H](C)C(=O)N2CCNC2=O)nnc1-c1ccncc1. The zero-order chi connectivity index (χ0) is 17.8. The first kappa shape index (κ1) is 17.2. The molecule has 25 heavy (non-hydrogen) atoms. The Morgan fingerprint density at radius 1 is 1.44 bits per heavy atom. The molecule has 0 bridgehead atoms. The molecule has 1 aliphatic heterocycles. The molecule has 130 valence electrons. The van der Waals surface area contributed by atoms with Crippen molar-refractivity contribution >= 4 is 23.7 Å². The molecule has 2 aromatic rings. The molecule has 1 N–H and O–H groups in total. The number of imide groups is 1. The fourth-order valence-corrected chi connectivity index (χ4v) is 3.41. The van der Waals surface area contributed by atoms with Gasteiger partial charge in [-0.1, -0.05) is 17.8 Å². The molecular formula is C16H18N6O2S. The van der Waals surface area contributed by atoms with Crippen LogP contribution in [0.15, 0.2) is 42.3 Å². The summed E-state index contributed by atoms with van der Waals surface area (Å²) < 4.78 is 1.89. The highest BCUT2D eigenvalue weighted by atomic mass is 32.2. The first-order valence-electron chi connectivity index (χ1n) is 7.82. The van der Waals surface area contributed by atoms with E-state index in [-0.39, 0.29) is 11.9 Å². The molecule has 0 radical (unpaired) electrons. The van der Waals surface area contributed by atoms with Crippen molar-refractivity contribution in [2.75, 3.05) is 13.1 Å². The van der Waals surface area contributed by atoms with Crippen molar-refractivity contribution in [3.8, 4) is 11.4 Å². The minimum atomic E-state index is -0.457. The number of hydrogen-bond donors (Lipinski definition) is 1. The number of aromatic nitrogens is 4. The molecule has 2 aromatic heterocycles. The lowest BCUT2D eigenvalue weighted by atomic mass is 10.2. The second-order valence-electron chi connectivity index (χ2n) is 5.42. The topological polar surface area (TPSA) is 93.0 Å². The van der Waals surface area contributed by atoms with Crippen LogP contribution < -0.4 is 5.32 Å². The first-order chi connectivity index (χ1) is 12.1. The normalized spacial score (nSPS) is 15.1. The molecule has 0 saturated carbocycles. The van der Waals surface area contributed by atoms with Crippen LogP contribution >= 0.6 is 11.8 Å². The number of nitrogens with zero attached hydrogens (tertiary/aromatic N) is 5. The summed E-state index contributed by atoms with van der Waals surface area (Å²) in [6.07, 6.45) is 5.12. The largest absolute Gasteiger partial charge is 0.336 e. The van der Waals surface area contributed by atoms with Gasteiger partial charge in [0, 0.05) is 37.6 Å². The van der Waals surface area contributed by atoms with Gasteiger partial charge in [-0.15, -0.1) is 16.8 Å². The summed E-state index contributed by atoms with van der Waals surface area (Å²) in [4.78, 5) is 29.4. The maximum atomic E-state index is 12.5. The summed E-state index contributed by atoms with van der Waals surface area (Å²) in [5.74, 6) is 0.446. The molecule has 3 amide bonds. The maximum absolute atomic E-state index is 12.5. The van der Waals surface area contributed by atoms with E-state index in [9.17, 15) is 9.59 Å². The van der Waals surface area contributed by atoms with Crippen LogP contribution in [-0.2, 0) is 11.3 Å². The number of nitrogens with one attached hydrogen (secondary N) is 1. The molecule has 0 spiro atoms. The Morgan fingerprint density at radius 2 is 2.20 bits per heavy atom. The van der Waals surface area contributed by atoms with Gasteiger partial charge in [-0.2, -0.15) is 0 Å². The Balaban J connectivity index is 1.82. The fraction of sp³-hybridized carbons (Fsp3) is 0.312. The molecule has 1 saturated heterocycles. The van der Waals surface area contributed by atoms with E-state index in [0.717, 1.165) is 5.56 Å². The van der Waals surface area contributed by atoms with E-state index in [2.05, 4.69) is 27.1 Å². The van der Waals surface area contributed by atoms with E-state index in [1.165, 1.54) is 16.7 Å². The van der Waals surface area contributed by atoms with Gasteiger partial charge in [0.2, 0.25) is 5.91 Å². The van der Waals surface area contributed by atoms with Gasteiger partial charge >= 0.3 is 6.03 Å². The molecule has 3 heterocycles. The molecule has 3 rings (SSSR count). The second-order valence-corrected chi connectivity index (χ2v) is 6.73. The lowest BCUT2D eigenvalue weighted by Gasteiger charge is -2.17. The second kappa shape index (κ2) is 7.47. The van der Waals surface area contributed by atoms with Gasteiger partial charge in [-0.3, -0.25) is 19.2 Å². The van der Waals surface area contributed by atoms with Crippen LogP contribution in [0.25, 0.3) is 11.4 Å². The summed E-state index contributed by atoms with van der Waals surface area (Å²) in [6, 6.07) is 3.35. The highest BCUT2D eigenvalue weighted by molar-refractivity contribution is 8.00. The molecule has 1 fully saturated rings. The van der Waals surface area contributed by atoms with Crippen molar-refractivity contribution < 1.29 is 9.59 Å². The highest BCUT2D eigenvalue weighted by Gasteiger charge is 2.31. The number of carbonyl (C=O) groups is 2. The van der Waals surface area contributed by atoms with E-state index in [0.29, 0.717) is 30.6 Å². The quantitative estimate of drug-likeness (QED) is 0.622. The number of hydrogen-bond acceptors (Lipinski definition) is 6. The Kier molecular flexibility index (Phi) is 5.13. The minimum absolute atomic E-state index is 0.237. The Labute approximate surface area is 149 Å². The molecule has 1 atom stereocenters. The van der Waals surface area contributed by atoms with Crippen molar-refractivity contribution in [1.29, 1.82) is 0 Å². The lowest BCUT2D eigenvalue weighted by Crippen LogP contribution is -2.39. The molecule has 8 nitrogen and oxygen atoms in total. The summed E-state index contributed by atoms with van der Waals surface area (Å²) in [6.45, 7) is 6.93. The standard InChI is InChI=1S/C16H18N6O2S/c1-3-9-21-13(12-4-6-17-7-5-12)19-20-16(21)25-11(2)14(23)22-10-8-18-15(22)24/h3-7,11H,1,8-10H2,2H3,(H,18,24)/t11-/m1/s1. The van der Waals surface area contributed by atoms with Crippen LogP contribution in [-0.4, -0.2) is 54.9 Å². The van der Waals surface area contributed by atoms with Gasteiger partial charge in [0.05, 0.1) is 5.25 Å². The monoisotopic (exact) mass is 358 g/mol. The van der Waals surface area contributed by atoms with Gasteiger partial charge in [-0.25, -0.2) is 4.79 Å². The van der Waals surface area contributed by atoms with Crippen molar-refractivity contribution in [2.45, 2.75) is 23.9 Å². The van der Waals surface area contributed by atoms with Crippen LogP contribution in [0, 0.1) is 0 Å². The number of rotatable bonds is 6. The van der Waals surface area contributed by atoms with Crippen LogP contribution in [0.5, 0.6) is 0 Å². The van der Waals surface area contributed by atoms with E-state index in [4.69, 9.17) is 0 Å². The minimum Gasteiger partial charge on any atom is -0.336 e. The van der Waals surface area contributed by atoms with Crippen molar-refractivity contribution in [3.05, 3.63) is 37.2 Å². The van der Waals surface area contributed by atoms with Crippen molar-refractivity contribution in [3.63, 3.8) is 0 Å². The molecule has 0 unspecified atom stereocenters. The number of urea groups is 1. The molecule has 1 aliphatic rings. The number of allylic oxidation sites excluding steroid dienone is 1. The van der Waals surface area contributed by atoms with Crippen molar-refractivity contribution in [2.24, 2.45) is 0 Å². The van der Waals surface area contributed by atoms with Crippen molar-refractivity contribution in [1.82, 2.24) is 30.0 Å². The van der Waals surface area contributed by atoms with E-state index in [1.807, 2.05) is 16.7 Å². The maximum Gasteiger partial charge on any atom is 0.324 e. The van der Waals surface area contributed by atoms with Gasteiger partial charge in [0.1, 0.15) is 0 Å². The first-order valence-corrected chi connectivity index (χ1v) is 8.70. The summed E-state index contributed by atoms with van der Waals surface area (Å²) in [5.41, 5.74) is 0.883. The van der Waals surface area contributed by atoms with E-state index < -0.39 is 5.25 Å². The number of pyridine rings is 1. The average molecular weight is 358 g/mol. The summed E-state index contributed by atoms with van der Waals surface area (Å²) in [7, 11) is 0. The van der Waals surface area contributed by atoms with Crippen LogP contribution in [0.4, 0.5) is 4.79 Å². The zero-order valence-corrected chi connectivity index (χ0v) is 14.6. The smallest absolute Gasteiger partial charge is 0.324 e. The third kappa shape index (κ3) is 3.55. The van der Waals surface area contributed by atoms with Gasteiger partial charge in [0.25, 0.3) is 0 Å². The number of carbonyl (C=O) groups excluding carboxylic acids is 2. The Hall–Kier alpha value is -2.68. The predicted molar refractivity (Wildman–Crippen MR) is 93.9 cm³/mol. The zero-order valence-electron chi connectivity index (χ0n) is 13.8. The summed E-state index contributed by atoms with van der Waals surface area (Å²) in [5, 5.41) is 11.2. The number of thioether (sulfide) groups is 1. The van der Waals surface area contributed by atoms with Crippen LogP contribution in [0.1, 0.15) is 6.92 Å². The van der Waals surface area contributed by atoms with Gasteiger partial charge in [0.15, 0.2) is 11.0 Å².